The minimum atomic E-state index is 0.404. The lowest BCUT2D eigenvalue weighted by Gasteiger charge is -2.22. The number of thiazole rings is 1. The van der Waals surface area contributed by atoms with Crippen molar-refractivity contribution in [2.75, 3.05) is 13.2 Å². The number of nitrogens with zero attached hydrogens (tertiary/aromatic N) is 1. The van der Waals surface area contributed by atoms with Gasteiger partial charge >= 0.3 is 0 Å². The maximum absolute atomic E-state index is 5.70. The summed E-state index contributed by atoms with van der Waals surface area (Å²) in [6.07, 6.45) is 4.12. The van der Waals surface area contributed by atoms with Crippen molar-refractivity contribution in [3.8, 4) is 0 Å². The number of aromatic nitrogens is 1. The van der Waals surface area contributed by atoms with Crippen LogP contribution in [0.4, 0.5) is 0 Å². The summed E-state index contributed by atoms with van der Waals surface area (Å²) in [5.41, 5.74) is 4.30. The molecule has 3 rings (SSSR count). The van der Waals surface area contributed by atoms with Crippen molar-refractivity contribution in [2.45, 2.75) is 31.9 Å². The highest BCUT2D eigenvalue weighted by molar-refractivity contribution is 7.16. The predicted molar refractivity (Wildman–Crippen MR) is 74.9 cm³/mol. The molecule has 0 amide bonds. The van der Waals surface area contributed by atoms with Gasteiger partial charge in [-0.05, 0) is 37.0 Å². The Morgan fingerprint density at radius 2 is 2.39 bits per heavy atom. The van der Waals surface area contributed by atoms with E-state index in [1.165, 1.54) is 29.5 Å². The zero-order chi connectivity index (χ0) is 12.2. The number of rotatable bonds is 4. The van der Waals surface area contributed by atoms with Crippen molar-refractivity contribution in [3.05, 3.63) is 29.3 Å². The van der Waals surface area contributed by atoms with Gasteiger partial charge in [-0.2, -0.15) is 0 Å². The molecule has 1 unspecified atom stereocenters. The van der Waals surface area contributed by atoms with E-state index in [2.05, 4.69) is 28.5 Å². The molecule has 1 aromatic heterocycles. The fourth-order valence-electron chi connectivity index (χ4n) is 2.36. The molecule has 1 atom stereocenters. The van der Waals surface area contributed by atoms with Crippen LogP contribution in [0.2, 0.25) is 0 Å². The first-order chi connectivity index (χ1) is 8.92. The van der Waals surface area contributed by atoms with Gasteiger partial charge in [0.15, 0.2) is 0 Å². The van der Waals surface area contributed by atoms with E-state index in [4.69, 9.17) is 4.74 Å². The van der Waals surface area contributed by atoms with Gasteiger partial charge in [0.2, 0.25) is 0 Å². The molecule has 0 radical (unpaired) electrons. The Morgan fingerprint density at radius 1 is 1.39 bits per heavy atom. The molecule has 0 bridgehead atoms. The van der Waals surface area contributed by atoms with Crippen LogP contribution in [-0.2, 0) is 11.3 Å². The number of ether oxygens (including phenoxy) is 1. The SMILES string of the molecule is c1nc2cc(CNCC3CCCCO3)ccc2s1. The normalized spacial score (nSPS) is 20.3. The average Bonchev–Trinajstić information content (AvgIpc) is 2.87. The van der Waals surface area contributed by atoms with Crippen LogP contribution in [0.3, 0.4) is 0 Å². The van der Waals surface area contributed by atoms with Crippen LogP contribution in [0, 0.1) is 0 Å². The molecule has 2 heterocycles. The monoisotopic (exact) mass is 262 g/mol. The van der Waals surface area contributed by atoms with Crippen LogP contribution in [0.1, 0.15) is 24.8 Å². The summed E-state index contributed by atoms with van der Waals surface area (Å²) in [5, 5.41) is 3.48. The van der Waals surface area contributed by atoms with Gasteiger partial charge in [0, 0.05) is 19.7 Å². The summed E-state index contributed by atoms with van der Waals surface area (Å²) in [6, 6.07) is 6.50. The van der Waals surface area contributed by atoms with Crippen LogP contribution in [0.15, 0.2) is 23.7 Å². The van der Waals surface area contributed by atoms with E-state index in [0.717, 1.165) is 25.2 Å². The largest absolute Gasteiger partial charge is 0.377 e. The minimum Gasteiger partial charge on any atom is -0.377 e. The summed E-state index contributed by atoms with van der Waals surface area (Å²) in [6.45, 7) is 2.78. The second-order valence-electron chi connectivity index (χ2n) is 4.77. The minimum absolute atomic E-state index is 0.404. The van der Waals surface area contributed by atoms with Crippen LogP contribution in [0.5, 0.6) is 0 Å². The van der Waals surface area contributed by atoms with Crippen molar-refractivity contribution in [3.63, 3.8) is 0 Å². The fourth-order valence-corrected chi connectivity index (χ4v) is 3.02. The average molecular weight is 262 g/mol. The Labute approximate surface area is 111 Å². The van der Waals surface area contributed by atoms with Crippen molar-refractivity contribution in [1.82, 2.24) is 10.3 Å². The number of fused-ring (bicyclic) bond motifs is 1. The quantitative estimate of drug-likeness (QED) is 0.920. The standard InChI is InChI=1S/C14H18N2OS/c1-2-6-17-12(3-1)9-15-8-11-4-5-14-13(7-11)16-10-18-14/h4-5,7,10,12,15H,1-3,6,8-9H2. The van der Waals surface area contributed by atoms with E-state index in [9.17, 15) is 0 Å². The molecule has 1 aliphatic heterocycles. The topological polar surface area (TPSA) is 34.2 Å². The van der Waals surface area contributed by atoms with Gasteiger partial charge < -0.3 is 10.1 Å². The maximum Gasteiger partial charge on any atom is 0.0815 e. The third kappa shape index (κ3) is 2.88. The Morgan fingerprint density at radius 3 is 3.28 bits per heavy atom. The molecule has 1 aliphatic rings. The second kappa shape index (κ2) is 5.78. The summed E-state index contributed by atoms with van der Waals surface area (Å²) in [7, 11) is 0. The van der Waals surface area contributed by atoms with Gasteiger partial charge in [-0.3, -0.25) is 0 Å². The van der Waals surface area contributed by atoms with E-state index >= 15 is 0 Å². The summed E-state index contributed by atoms with van der Waals surface area (Å²) >= 11 is 1.69. The van der Waals surface area contributed by atoms with Gasteiger partial charge in [0.1, 0.15) is 0 Å². The summed E-state index contributed by atoms with van der Waals surface area (Å²) < 4.78 is 6.96. The van der Waals surface area contributed by atoms with Gasteiger partial charge in [-0.15, -0.1) is 11.3 Å². The van der Waals surface area contributed by atoms with Gasteiger partial charge in [-0.25, -0.2) is 4.98 Å². The Kier molecular flexibility index (Phi) is 3.88. The van der Waals surface area contributed by atoms with Crippen LogP contribution < -0.4 is 5.32 Å². The molecule has 1 N–H and O–H groups in total. The molecule has 1 saturated heterocycles. The molecule has 1 fully saturated rings. The maximum atomic E-state index is 5.70. The van der Waals surface area contributed by atoms with Crippen LogP contribution in [0.25, 0.3) is 10.2 Å². The number of hydrogen-bond acceptors (Lipinski definition) is 4. The fraction of sp³-hybridized carbons (Fsp3) is 0.500. The molecular formula is C14H18N2OS. The van der Waals surface area contributed by atoms with Crippen LogP contribution >= 0.6 is 11.3 Å². The third-order valence-corrected chi connectivity index (χ3v) is 4.18. The molecule has 4 heteroatoms. The highest BCUT2D eigenvalue weighted by Gasteiger charge is 2.12. The van der Waals surface area contributed by atoms with E-state index in [1.807, 2.05) is 5.51 Å². The molecule has 96 valence electrons. The zero-order valence-electron chi connectivity index (χ0n) is 10.4. The highest BCUT2D eigenvalue weighted by atomic mass is 32.1. The Hall–Kier alpha value is -0.970. The number of benzene rings is 1. The van der Waals surface area contributed by atoms with Crippen molar-refractivity contribution < 1.29 is 4.74 Å². The molecule has 0 spiro atoms. The highest BCUT2D eigenvalue weighted by Crippen LogP contribution is 2.18. The van der Waals surface area contributed by atoms with E-state index in [-0.39, 0.29) is 0 Å². The second-order valence-corrected chi connectivity index (χ2v) is 5.66. The smallest absolute Gasteiger partial charge is 0.0815 e. The van der Waals surface area contributed by atoms with Crippen molar-refractivity contribution in [1.29, 1.82) is 0 Å². The molecule has 0 aliphatic carbocycles. The molecule has 18 heavy (non-hydrogen) atoms. The van der Waals surface area contributed by atoms with E-state index in [0.29, 0.717) is 6.10 Å². The summed E-state index contributed by atoms with van der Waals surface area (Å²) in [5.74, 6) is 0. The first-order valence-corrected chi connectivity index (χ1v) is 7.44. The lowest BCUT2D eigenvalue weighted by molar-refractivity contribution is 0.0168. The third-order valence-electron chi connectivity index (χ3n) is 3.37. The first kappa shape index (κ1) is 12.1. The van der Waals surface area contributed by atoms with Crippen molar-refractivity contribution >= 4 is 21.6 Å². The van der Waals surface area contributed by atoms with Gasteiger partial charge in [0.05, 0.1) is 21.8 Å². The van der Waals surface area contributed by atoms with E-state index < -0.39 is 0 Å². The predicted octanol–water partition coefficient (Wildman–Crippen LogP) is 2.96. The van der Waals surface area contributed by atoms with Crippen molar-refractivity contribution in [2.24, 2.45) is 0 Å². The lowest BCUT2D eigenvalue weighted by atomic mass is 10.1. The van der Waals surface area contributed by atoms with Gasteiger partial charge in [-0.1, -0.05) is 6.07 Å². The molecule has 0 saturated carbocycles. The van der Waals surface area contributed by atoms with Gasteiger partial charge in [0.25, 0.3) is 0 Å². The molecular weight excluding hydrogens is 244 g/mol. The molecule has 3 nitrogen and oxygen atoms in total. The lowest BCUT2D eigenvalue weighted by Crippen LogP contribution is -2.31. The Balaban J connectivity index is 1.52. The zero-order valence-corrected chi connectivity index (χ0v) is 11.2. The summed E-state index contributed by atoms with van der Waals surface area (Å²) in [4.78, 5) is 4.34. The number of nitrogens with one attached hydrogen (secondary N) is 1. The van der Waals surface area contributed by atoms with E-state index in [1.54, 1.807) is 11.3 Å². The molecule has 2 aromatic rings. The number of hydrogen-bond donors (Lipinski definition) is 1. The Bertz CT molecular complexity index is 505. The van der Waals surface area contributed by atoms with Crippen LogP contribution in [-0.4, -0.2) is 24.2 Å². The first-order valence-electron chi connectivity index (χ1n) is 6.56. The molecule has 1 aromatic carbocycles.